The van der Waals surface area contributed by atoms with Gasteiger partial charge in [-0.1, -0.05) is 29.3 Å². The van der Waals surface area contributed by atoms with Crippen molar-refractivity contribution < 1.29 is 0 Å². The molecule has 1 fully saturated rings. The first-order chi connectivity index (χ1) is 13.5. The predicted octanol–water partition coefficient (Wildman–Crippen LogP) is 5.28. The van der Waals surface area contributed by atoms with E-state index in [1.165, 1.54) is 12.8 Å². The van der Waals surface area contributed by atoms with E-state index in [4.69, 9.17) is 33.2 Å². The van der Waals surface area contributed by atoms with E-state index in [9.17, 15) is 0 Å². The number of hydrogen-bond donors (Lipinski definition) is 1. The van der Waals surface area contributed by atoms with E-state index >= 15 is 0 Å². The first kappa shape index (κ1) is 19.4. The third-order valence-electron chi connectivity index (χ3n) is 5.38. The maximum absolute atomic E-state index is 6.20. The van der Waals surface area contributed by atoms with Crippen LogP contribution in [-0.4, -0.2) is 46.0 Å². The van der Waals surface area contributed by atoms with Crippen molar-refractivity contribution in [3.63, 3.8) is 0 Å². The second-order valence-corrected chi connectivity index (χ2v) is 8.32. The van der Waals surface area contributed by atoms with Crippen molar-refractivity contribution in [2.75, 3.05) is 19.4 Å². The van der Waals surface area contributed by atoms with E-state index in [0.29, 0.717) is 27.6 Å². The third-order valence-corrected chi connectivity index (χ3v) is 6.10. The van der Waals surface area contributed by atoms with Crippen LogP contribution in [0.1, 0.15) is 25.7 Å². The molecule has 3 aromatic rings. The van der Waals surface area contributed by atoms with Crippen molar-refractivity contribution in [3.8, 4) is 11.4 Å². The summed E-state index contributed by atoms with van der Waals surface area (Å²) < 4.78 is 0. The highest BCUT2D eigenvalue weighted by Crippen LogP contribution is 2.32. The number of rotatable bonds is 4. The number of nitrogens with zero attached hydrogens (tertiary/aromatic N) is 4. The van der Waals surface area contributed by atoms with E-state index in [1.54, 1.807) is 18.3 Å². The molecular weight excluding hydrogens is 393 g/mol. The minimum absolute atomic E-state index is 0.369. The highest BCUT2D eigenvalue weighted by molar-refractivity contribution is 6.42. The van der Waals surface area contributed by atoms with Gasteiger partial charge in [-0.05, 0) is 64.0 Å². The molecule has 1 aliphatic rings. The molecule has 2 heterocycles. The zero-order valence-electron chi connectivity index (χ0n) is 16.0. The molecule has 1 saturated carbocycles. The number of benzene rings is 1. The largest absolute Gasteiger partial charge is 0.365 e. The van der Waals surface area contributed by atoms with Gasteiger partial charge in [-0.3, -0.25) is 4.98 Å². The molecule has 1 aromatic carbocycles. The quantitative estimate of drug-likeness (QED) is 0.627. The van der Waals surface area contributed by atoms with Gasteiger partial charge in [-0.15, -0.1) is 0 Å². The molecule has 0 spiro atoms. The number of halogens is 2. The zero-order chi connectivity index (χ0) is 19.7. The number of fused-ring (bicyclic) bond motifs is 1. The van der Waals surface area contributed by atoms with Crippen LogP contribution in [0.2, 0.25) is 10.0 Å². The van der Waals surface area contributed by atoms with E-state index in [0.717, 1.165) is 35.6 Å². The van der Waals surface area contributed by atoms with Crippen LogP contribution in [0.25, 0.3) is 22.4 Å². The van der Waals surface area contributed by atoms with Gasteiger partial charge < -0.3 is 10.2 Å². The summed E-state index contributed by atoms with van der Waals surface area (Å²) in [6.07, 6.45) is 6.32. The molecule has 0 saturated heterocycles. The fraction of sp³-hybridized carbons (Fsp3) is 0.381. The van der Waals surface area contributed by atoms with Gasteiger partial charge >= 0.3 is 0 Å². The van der Waals surface area contributed by atoms with Gasteiger partial charge in [0, 0.05) is 18.3 Å². The number of hydrogen-bond acceptors (Lipinski definition) is 5. The Morgan fingerprint density at radius 2 is 1.64 bits per heavy atom. The summed E-state index contributed by atoms with van der Waals surface area (Å²) in [7, 11) is 4.31. The van der Waals surface area contributed by atoms with Crippen LogP contribution in [0.15, 0.2) is 36.5 Å². The van der Waals surface area contributed by atoms with Crippen LogP contribution in [0.4, 0.5) is 5.82 Å². The summed E-state index contributed by atoms with van der Waals surface area (Å²) in [5.74, 6) is 0.748. The minimum atomic E-state index is 0.369. The van der Waals surface area contributed by atoms with E-state index < -0.39 is 0 Å². The molecule has 0 amide bonds. The molecule has 28 heavy (non-hydrogen) atoms. The molecule has 0 atom stereocenters. The average molecular weight is 416 g/mol. The van der Waals surface area contributed by atoms with Gasteiger partial charge in [0.2, 0.25) is 0 Å². The van der Waals surface area contributed by atoms with Gasteiger partial charge in [-0.2, -0.15) is 0 Å². The molecule has 2 aromatic heterocycles. The normalized spacial score (nSPS) is 19.9. The molecule has 4 rings (SSSR count). The van der Waals surface area contributed by atoms with Gasteiger partial charge in [-0.25, -0.2) is 9.97 Å². The second-order valence-electron chi connectivity index (χ2n) is 7.50. The number of nitrogens with one attached hydrogen (secondary N) is 1. The van der Waals surface area contributed by atoms with Crippen LogP contribution in [0.3, 0.4) is 0 Å². The molecule has 0 aliphatic heterocycles. The van der Waals surface area contributed by atoms with Gasteiger partial charge in [0.25, 0.3) is 0 Å². The summed E-state index contributed by atoms with van der Waals surface area (Å²) in [5, 5.41) is 4.57. The van der Waals surface area contributed by atoms with Crippen molar-refractivity contribution >= 4 is 40.1 Å². The fourth-order valence-corrected chi connectivity index (χ4v) is 4.08. The van der Waals surface area contributed by atoms with Crippen molar-refractivity contribution in [3.05, 3.63) is 46.6 Å². The average Bonchev–Trinajstić information content (AvgIpc) is 2.70. The Morgan fingerprint density at radius 1 is 0.964 bits per heavy atom. The highest BCUT2D eigenvalue weighted by atomic mass is 35.5. The SMILES string of the molecule is CN(C)C1CCC(Nc2nc3cc(Cl)c(Cl)cc3nc2-c2ccccn2)CC1. The van der Waals surface area contributed by atoms with Crippen LogP contribution in [0, 0.1) is 0 Å². The lowest BCUT2D eigenvalue weighted by Crippen LogP contribution is -2.36. The summed E-state index contributed by atoms with van der Waals surface area (Å²) in [6.45, 7) is 0. The molecular formula is C21H23Cl2N5. The first-order valence-electron chi connectivity index (χ1n) is 9.52. The van der Waals surface area contributed by atoms with Crippen molar-refractivity contribution in [1.29, 1.82) is 0 Å². The summed E-state index contributed by atoms with van der Waals surface area (Å²) in [6, 6.07) is 10.3. The van der Waals surface area contributed by atoms with Crippen molar-refractivity contribution in [2.45, 2.75) is 37.8 Å². The predicted molar refractivity (Wildman–Crippen MR) is 116 cm³/mol. The van der Waals surface area contributed by atoms with Gasteiger partial charge in [0.15, 0.2) is 5.82 Å². The Hall–Kier alpha value is -1.95. The third kappa shape index (κ3) is 4.07. The Labute approximate surface area is 175 Å². The first-order valence-corrected chi connectivity index (χ1v) is 10.3. The van der Waals surface area contributed by atoms with Crippen LogP contribution >= 0.6 is 23.2 Å². The van der Waals surface area contributed by atoms with Gasteiger partial charge in [0.1, 0.15) is 5.69 Å². The molecule has 0 radical (unpaired) electrons. The Morgan fingerprint density at radius 3 is 2.25 bits per heavy atom. The number of aromatic nitrogens is 3. The number of pyridine rings is 1. The van der Waals surface area contributed by atoms with Crippen molar-refractivity contribution in [2.24, 2.45) is 0 Å². The molecule has 7 heteroatoms. The molecule has 0 unspecified atom stereocenters. The topological polar surface area (TPSA) is 53.9 Å². The highest BCUT2D eigenvalue weighted by Gasteiger charge is 2.24. The minimum Gasteiger partial charge on any atom is -0.365 e. The Balaban J connectivity index is 1.70. The fourth-order valence-electron chi connectivity index (χ4n) is 3.76. The van der Waals surface area contributed by atoms with Crippen LogP contribution < -0.4 is 5.32 Å². The van der Waals surface area contributed by atoms with E-state index in [1.807, 2.05) is 18.2 Å². The zero-order valence-corrected chi connectivity index (χ0v) is 17.5. The second kappa shape index (κ2) is 8.19. The molecule has 5 nitrogen and oxygen atoms in total. The monoisotopic (exact) mass is 415 g/mol. The Kier molecular flexibility index (Phi) is 5.67. The molecule has 1 N–H and O–H groups in total. The van der Waals surface area contributed by atoms with Crippen LogP contribution in [0.5, 0.6) is 0 Å². The molecule has 0 bridgehead atoms. The summed E-state index contributed by atoms with van der Waals surface area (Å²) in [5.41, 5.74) is 2.95. The maximum Gasteiger partial charge on any atom is 0.155 e. The molecule has 146 valence electrons. The van der Waals surface area contributed by atoms with Gasteiger partial charge in [0.05, 0.1) is 26.8 Å². The number of anilines is 1. The smallest absolute Gasteiger partial charge is 0.155 e. The lowest BCUT2D eigenvalue weighted by molar-refractivity contribution is 0.221. The summed E-state index contributed by atoms with van der Waals surface area (Å²) in [4.78, 5) is 16.4. The van der Waals surface area contributed by atoms with E-state index in [2.05, 4.69) is 29.3 Å². The Bertz CT molecular complexity index is 969. The van der Waals surface area contributed by atoms with Crippen LogP contribution in [-0.2, 0) is 0 Å². The van der Waals surface area contributed by atoms with Crippen molar-refractivity contribution in [1.82, 2.24) is 19.9 Å². The lowest BCUT2D eigenvalue weighted by atomic mass is 9.90. The lowest BCUT2D eigenvalue weighted by Gasteiger charge is -2.33. The maximum atomic E-state index is 6.20. The standard InChI is InChI=1S/C21H23Cl2N5/c1-28(2)14-8-6-13(7-9-14)25-21-20(17-5-3-4-10-24-17)26-18-11-15(22)16(23)12-19(18)27-21/h3-5,10-14H,6-9H2,1-2H3,(H,25,27). The van der Waals surface area contributed by atoms with E-state index in [-0.39, 0.29) is 0 Å². The summed E-state index contributed by atoms with van der Waals surface area (Å²) >= 11 is 12.4. The molecule has 1 aliphatic carbocycles.